The molecule has 15 heavy (non-hydrogen) atoms. The summed E-state index contributed by atoms with van der Waals surface area (Å²) in [4.78, 5) is 44.9. The van der Waals surface area contributed by atoms with E-state index in [1.165, 1.54) is 0 Å². The number of nitrogens with zero attached hydrogens (tertiary/aromatic N) is 1. The molecule has 2 N–H and O–H groups in total. The zero-order valence-corrected chi connectivity index (χ0v) is 7.60. The van der Waals surface area contributed by atoms with Gasteiger partial charge in [0.25, 0.3) is 0 Å². The van der Waals surface area contributed by atoms with Crippen molar-refractivity contribution in [3.63, 3.8) is 0 Å². The summed E-state index contributed by atoms with van der Waals surface area (Å²) in [6, 6.07) is 0. The third-order valence-electron chi connectivity index (χ3n) is 2.71. The highest BCUT2D eigenvalue weighted by Gasteiger charge is 2.49. The molecule has 0 aliphatic carbocycles. The zero-order valence-electron chi connectivity index (χ0n) is 7.60. The van der Waals surface area contributed by atoms with Crippen LogP contribution in [0, 0.1) is 11.8 Å². The second kappa shape index (κ2) is 3.04. The molecular weight excluding hydrogens is 204 g/mol. The van der Waals surface area contributed by atoms with Gasteiger partial charge in [0, 0.05) is 13.1 Å². The number of imide groups is 1. The summed E-state index contributed by atoms with van der Waals surface area (Å²) in [5.41, 5.74) is 0. The lowest BCUT2D eigenvalue weighted by molar-refractivity contribution is -0.155. The highest BCUT2D eigenvalue weighted by molar-refractivity contribution is 6.31. The second-order valence-corrected chi connectivity index (χ2v) is 3.58. The van der Waals surface area contributed by atoms with E-state index in [4.69, 9.17) is 5.11 Å². The molecule has 0 aromatic rings. The van der Waals surface area contributed by atoms with Gasteiger partial charge in [-0.1, -0.05) is 0 Å². The van der Waals surface area contributed by atoms with Gasteiger partial charge >= 0.3 is 11.9 Å². The molecular formula is C8H8N2O5. The standard InChI is InChI=1S/C8H8N2O5/c11-5-3-1-10(7(13)8(14)15)2-4(3)6(12)9-5/h3-4H,1-2H2,(H,14,15)(H,9,11,12). The van der Waals surface area contributed by atoms with Crippen LogP contribution in [0.5, 0.6) is 0 Å². The molecule has 2 aliphatic rings. The van der Waals surface area contributed by atoms with E-state index in [9.17, 15) is 19.2 Å². The molecule has 7 heteroatoms. The summed E-state index contributed by atoms with van der Waals surface area (Å²) >= 11 is 0. The average Bonchev–Trinajstić information content (AvgIpc) is 2.68. The Bertz CT molecular complexity index is 355. The smallest absolute Gasteiger partial charge is 0.394 e. The molecule has 2 heterocycles. The third-order valence-corrected chi connectivity index (χ3v) is 2.71. The Morgan fingerprint density at radius 3 is 2.07 bits per heavy atom. The van der Waals surface area contributed by atoms with E-state index >= 15 is 0 Å². The van der Waals surface area contributed by atoms with E-state index in [-0.39, 0.29) is 13.1 Å². The first-order chi connectivity index (χ1) is 7.00. The van der Waals surface area contributed by atoms with Crippen molar-refractivity contribution in [2.75, 3.05) is 13.1 Å². The Kier molecular flexibility index (Phi) is 1.95. The molecule has 0 bridgehead atoms. The van der Waals surface area contributed by atoms with Crippen molar-refractivity contribution in [3.05, 3.63) is 0 Å². The lowest BCUT2D eigenvalue weighted by Crippen LogP contribution is -2.38. The topological polar surface area (TPSA) is 104 Å². The Morgan fingerprint density at radius 1 is 1.20 bits per heavy atom. The number of hydrogen-bond donors (Lipinski definition) is 2. The van der Waals surface area contributed by atoms with Gasteiger partial charge in [0.15, 0.2) is 0 Å². The minimum absolute atomic E-state index is 0.00731. The summed E-state index contributed by atoms with van der Waals surface area (Å²) < 4.78 is 0. The quantitative estimate of drug-likeness (QED) is 0.350. The van der Waals surface area contributed by atoms with Gasteiger partial charge < -0.3 is 10.0 Å². The van der Waals surface area contributed by atoms with E-state index in [0.29, 0.717) is 0 Å². The molecule has 2 saturated heterocycles. The summed E-state index contributed by atoms with van der Waals surface area (Å²) in [6.45, 7) is 0.0146. The van der Waals surface area contributed by atoms with Gasteiger partial charge in [-0.25, -0.2) is 4.79 Å². The fraction of sp³-hybridized carbons (Fsp3) is 0.500. The normalized spacial score (nSPS) is 28.9. The highest BCUT2D eigenvalue weighted by atomic mass is 16.4. The number of fused-ring (bicyclic) bond motifs is 1. The van der Waals surface area contributed by atoms with Crippen LogP contribution in [0.4, 0.5) is 0 Å². The molecule has 2 unspecified atom stereocenters. The fourth-order valence-corrected chi connectivity index (χ4v) is 1.94. The first kappa shape index (κ1) is 9.63. The number of carboxylic acid groups (broad SMARTS) is 1. The maximum Gasteiger partial charge on any atom is 0.394 e. The molecule has 0 aromatic carbocycles. The summed E-state index contributed by atoms with van der Waals surface area (Å²) in [6.07, 6.45) is 0. The Balaban J connectivity index is 2.13. The van der Waals surface area contributed by atoms with Crippen LogP contribution in [0.2, 0.25) is 0 Å². The number of amides is 3. The van der Waals surface area contributed by atoms with Gasteiger partial charge in [-0.2, -0.15) is 0 Å². The molecule has 0 radical (unpaired) electrons. The van der Waals surface area contributed by atoms with E-state index < -0.39 is 35.5 Å². The van der Waals surface area contributed by atoms with Crippen molar-refractivity contribution in [1.29, 1.82) is 0 Å². The van der Waals surface area contributed by atoms with Crippen molar-refractivity contribution >= 4 is 23.7 Å². The van der Waals surface area contributed by atoms with E-state index in [2.05, 4.69) is 5.32 Å². The van der Waals surface area contributed by atoms with Crippen LogP contribution in [-0.4, -0.2) is 46.8 Å². The predicted molar refractivity (Wildman–Crippen MR) is 44.3 cm³/mol. The lowest BCUT2D eigenvalue weighted by atomic mass is 10.00. The van der Waals surface area contributed by atoms with Gasteiger partial charge in [-0.3, -0.25) is 19.7 Å². The van der Waals surface area contributed by atoms with Gasteiger partial charge in [0.2, 0.25) is 11.8 Å². The first-order valence-electron chi connectivity index (χ1n) is 4.37. The molecule has 2 atom stereocenters. The van der Waals surface area contributed by atoms with Crippen LogP contribution in [0.1, 0.15) is 0 Å². The van der Waals surface area contributed by atoms with Crippen molar-refractivity contribution in [1.82, 2.24) is 10.2 Å². The summed E-state index contributed by atoms with van der Waals surface area (Å²) in [5.74, 6) is -4.65. The van der Waals surface area contributed by atoms with Crippen molar-refractivity contribution in [2.45, 2.75) is 0 Å². The van der Waals surface area contributed by atoms with Crippen LogP contribution in [0.3, 0.4) is 0 Å². The number of aliphatic carboxylic acids is 1. The number of rotatable bonds is 0. The van der Waals surface area contributed by atoms with Crippen LogP contribution in [0.15, 0.2) is 0 Å². The Hall–Kier alpha value is -1.92. The molecule has 80 valence electrons. The van der Waals surface area contributed by atoms with Crippen molar-refractivity contribution < 1.29 is 24.3 Å². The lowest BCUT2D eigenvalue weighted by Gasteiger charge is -2.13. The molecule has 3 amide bonds. The zero-order chi connectivity index (χ0) is 11.2. The van der Waals surface area contributed by atoms with Crippen molar-refractivity contribution in [2.24, 2.45) is 11.8 Å². The second-order valence-electron chi connectivity index (χ2n) is 3.58. The van der Waals surface area contributed by atoms with Crippen molar-refractivity contribution in [3.8, 4) is 0 Å². The van der Waals surface area contributed by atoms with E-state index in [1.807, 2.05) is 0 Å². The largest absolute Gasteiger partial charge is 0.474 e. The average molecular weight is 212 g/mol. The molecule has 7 nitrogen and oxygen atoms in total. The van der Waals surface area contributed by atoms with Crippen LogP contribution >= 0.6 is 0 Å². The molecule has 2 aliphatic heterocycles. The van der Waals surface area contributed by atoms with Gasteiger partial charge in [0.05, 0.1) is 11.8 Å². The maximum atomic E-state index is 11.2. The predicted octanol–water partition coefficient (Wildman–Crippen LogP) is -2.20. The number of nitrogens with one attached hydrogen (secondary N) is 1. The first-order valence-corrected chi connectivity index (χ1v) is 4.37. The summed E-state index contributed by atoms with van der Waals surface area (Å²) in [5, 5.41) is 10.6. The number of carbonyl (C=O) groups excluding carboxylic acids is 3. The Labute approximate surface area is 84.0 Å². The van der Waals surface area contributed by atoms with Gasteiger partial charge in [-0.15, -0.1) is 0 Å². The summed E-state index contributed by atoms with van der Waals surface area (Å²) in [7, 11) is 0. The number of carbonyl (C=O) groups is 4. The van der Waals surface area contributed by atoms with Gasteiger partial charge in [-0.05, 0) is 0 Å². The number of hydrogen-bond acceptors (Lipinski definition) is 4. The van der Waals surface area contributed by atoms with Crippen LogP contribution < -0.4 is 5.32 Å². The number of likely N-dealkylation sites (tertiary alicyclic amines) is 1. The molecule has 2 rings (SSSR count). The van der Waals surface area contributed by atoms with E-state index in [0.717, 1.165) is 4.90 Å². The van der Waals surface area contributed by atoms with Crippen LogP contribution in [0.25, 0.3) is 0 Å². The SMILES string of the molecule is O=C(O)C(=O)N1CC2C(=O)NC(=O)C2C1. The number of carboxylic acids is 1. The monoisotopic (exact) mass is 212 g/mol. The molecule has 0 saturated carbocycles. The van der Waals surface area contributed by atoms with Crippen LogP contribution in [-0.2, 0) is 19.2 Å². The van der Waals surface area contributed by atoms with E-state index in [1.54, 1.807) is 0 Å². The molecule has 0 aromatic heterocycles. The highest BCUT2D eigenvalue weighted by Crippen LogP contribution is 2.28. The van der Waals surface area contributed by atoms with Gasteiger partial charge in [0.1, 0.15) is 0 Å². The third kappa shape index (κ3) is 1.36. The maximum absolute atomic E-state index is 11.2. The fourth-order valence-electron chi connectivity index (χ4n) is 1.94. The molecule has 2 fully saturated rings. The Morgan fingerprint density at radius 2 is 1.67 bits per heavy atom. The molecule has 0 spiro atoms. The minimum Gasteiger partial charge on any atom is -0.474 e. The minimum atomic E-state index is -1.57.